The van der Waals surface area contributed by atoms with Gasteiger partial charge < -0.3 is 10.8 Å². The summed E-state index contributed by atoms with van der Waals surface area (Å²) < 4.78 is 1.55. The van der Waals surface area contributed by atoms with Crippen molar-refractivity contribution < 1.29 is 9.90 Å². The average molecular weight is 241 g/mol. The third kappa shape index (κ3) is 4.12. The molecule has 0 fully saturated rings. The van der Waals surface area contributed by atoms with E-state index in [1.54, 1.807) is 10.9 Å². The lowest BCUT2D eigenvalue weighted by Crippen LogP contribution is -2.44. The molecular formula is C10H19N5O2. The molecule has 0 spiro atoms. The van der Waals surface area contributed by atoms with Gasteiger partial charge in [0.1, 0.15) is 0 Å². The van der Waals surface area contributed by atoms with Gasteiger partial charge in [-0.05, 0) is 5.92 Å². The molecule has 0 aliphatic heterocycles. The number of aliphatic hydroxyl groups is 1. The van der Waals surface area contributed by atoms with E-state index in [2.05, 4.69) is 15.6 Å². The van der Waals surface area contributed by atoms with Crippen LogP contribution in [0.4, 0.5) is 0 Å². The predicted molar refractivity (Wildman–Crippen MR) is 61.8 cm³/mol. The number of aliphatic hydroxyl groups excluding tert-OH is 1. The molecule has 7 nitrogen and oxygen atoms in total. The summed E-state index contributed by atoms with van der Waals surface area (Å²) in [6, 6.07) is -0.377. The van der Waals surface area contributed by atoms with Crippen molar-refractivity contribution in [2.45, 2.75) is 33.0 Å². The van der Waals surface area contributed by atoms with Gasteiger partial charge in [-0.25, -0.2) is 4.68 Å². The van der Waals surface area contributed by atoms with E-state index in [9.17, 15) is 4.79 Å². The summed E-state index contributed by atoms with van der Waals surface area (Å²) in [6.45, 7) is 4.70. The maximum absolute atomic E-state index is 11.2. The molecule has 1 atom stereocenters. The fourth-order valence-corrected chi connectivity index (χ4v) is 1.51. The fourth-order valence-electron chi connectivity index (χ4n) is 1.51. The van der Waals surface area contributed by atoms with Crippen LogP contribution in [0.2, 0.25) is 0 Å². The molecule has 1 rings (SSSR count). The zero-order valence-corrected chi connectivity index (χ0v) is 10.1. The second-order valence-electron chi connectivity index (χ2n) is 4.20. The van der Waals surface area contributed by atoms with E-state index in [-0.39, 0.29) is 24.5 Å². The highest BCUT2D eigenvalue weighted by atomic mass is 16.3. The molecule has 0 aliphatic rings. The van der Waals surface area contributed by atoms with Gasteiger partial charge in [-0.15, -0.1) is 5.10 Å². The Hall–Kier alpha value is -1.47. The van der Waals surface area contributed by atoms with E-state index in [0.29, 0.717) is 18.8 Å². The molecule has 1 aromatic heterocycles. The molecular weight excluding hydrogens is 222 g/mol. The van der Waals surface area contributed by atoms with Crippen molar-refractivity contribution in [2.24, 2.45) is 11.7 Å². The minimum atomic E-state index is -0.377. The lowest BCUT2D eigenvalue weighted by molar-refractivity contribution is -0.121. The first-order chi connectivity index (χ1) is 8.04. The lowest BCUT2D eigenvalue weighted by Gasteiger charge is -2.17. The summed E-state index contributed by atoms with van der Waals surface area (Å²) in [5.74, 6) is -0.247. The van der Waals surface area contributed by atoms with Crippen molar-refractivity contribution in [2.75, 3.05) is 6.61 Å². The third-order valence-corrected chi connectivity index (χ3v) is 2.39. The van der Waals surface area contributed by atoms with Crippen LogP contribution in [0, 0.1) is 5.92 Å². The first-order valence-electron chi connectivity index (χ1n) is 5.57. The Balaban J connectivity index is 2.50. The second kappa shape index (κ2) is 6.31. The Morgan fingerprint density at radius 3 is 2.88 bits per heavy atom. The van der Waals surface area contributed by atoms with E-state index in [0.717, 1.165) is 0 Å². The molecule has 0 radical (unpaired) electrons. The van der Waals surface area contributed by atoms with E-state index >= 15 is 0 Å². The second-order valence-corrected chi connectivity index (χ2v) is 4.20. The van der Waals surface area contributed by atoms with Crippen molar-refractivity contribution in [3.05, 3.63) is 11.9 Å². The minimum Gasteiger partial charge on any atom is -0.394 e. The molecule has 96 valence electrons. The minimum absolute atomic E-state index is 0.0200. The average Bonchev–Trinajstić information content (AvgIpc) is 2.65. The Labute approximate surface area is 100.0 Å². The molecule has 0 aromatic carbocycles. The van der Waals surface area contributed by atoms with Crippen LogP contribution < -0.4 is 11.1 Å². The van der Waals surface area contributed by atoms with Gasteiger partial charge in [0.05, 0.1) is 24.9 Å². The standard InChI is InChI=1S/C10H19N5O2/c1-7(2)9(10(11)17)12-5-8-6-15(3-4-16)14-13-8/h6-7,9,12,16H,3-5H2,1-2H3,(H2,11,17). The molecule has 0 saturated heterocycles. The van der Waals surface area contributed by atoms with E-state index < -0.39 is 0 Å². The van der Waals surface area contributed by atoms with Crippen molar-refractivity contribution in [3.8, 4) is 0 Å². The monoisotopic (exact) mass is 241 g/mol. The number of amides is 1. The van der Waals surface area contributed by atoms with Gasteiger partial charge in [-0.3, -0.25) is 10.1 Å². The number of nitrogens with zero attached hydrogens (tertiary/aromatic N) is 3. The molecule has 1 aromatic rings. The Bertz CT molecular complexity index is 363. The summed E-state index contributed by atoms with van der Waals surface area (Å²) in [5.41, 5.74) is 5.99. The lowest BCUT2D eigenvalue weighted by atomic mass is 10.0. The molecule has 4 N–H and O–H groups in total. The summed E-state index contributed by atoms with van der Waals surface area (Å²) in [7, 11) is 0. The highest BCUT2D eigenvalue weighted by Gasteiger charge is 2.18. The van der Waals surface area contributed by atoms with Crippen LogP contribution >= 0.6 is 0 Å². The van der Waals surface area contributed by atoms with Gasteiger partial charge in [-0.1, -0.05) is 19.1 Å². The van der Waals surface area contributed by atoms with Crippen molar-refractivity contribution in [1.82, 2.24) is 20.3 Å². The number of aromatic nitrogens is 3. The zero-order chi connectivity index (χ0) is 12.8. The zero-order valence-electron chi connectivity index (χ0n) is 10.1. The van der Waals surface area contributed by atoms with Gasteiger partial charge >= 0.3 is 0 Å². The number of nitrogens with two attached hydrogens (primary N) is 1. The first-order valence-corrected chi connectivity index (χ1v) is 5.57. The summed E-state index contributed by atoms with van der Waals surface area (Å²) in [6.07, 6.45) is 1.72. The molecule has 0 aliphatic carbocycles. The number of carbonyl (C=O) groups excluding carboxylic acids is 1. The van der Waals surface area contributed by atoms with Crippen LogP contribution in [0.3, 0.4) is 0 Å². The van der Waals surface area contributed by atoms with Crippen LogP contribution in [0.1, 0.15) is 19.5 Å². The number of carbonyl (C=O) groups is 1. The summed E-state index contributed by atoms with van der Waals surface area (Å²) in [4.78, 5) is 11.2. The number of nitrogens with one attached hydrogen (secondary N) is 1. The largest absolute Gasteiger partial charge is 0.394 e. The fraction of sp³-hybridized carbons (Fsp3) is 0.700. The van der Waals surface area contributed by atoms with Crippen molar-refractivity contribution in [1.29, 1.82) is 0 Å². The summed E-state index contributed by atoms with van der Waals surface area (Å²) >= 11 is 0. The van der Waals surface area contributed by atoms with E-state index in [1.165, 1.54) is 0 Å². The topological polar surface area (TPSA) is 106 Å². The van der Waals surface area contributed by atoms with Crippen LogP contribution in [0.25, 0.3) is 0 Å². The molecule has 1 heterocycles. The SMILES string of the molecule is CC(C)C(NCc1cn(CCO)nn1)C(N)=O. The highest BCUT2D eigenvalue weighted by molar-refractivity contribution is 5.80. The normalized spacial score (nSPS) is 12.9. The van der Waals surface area contributed by atoms with Crippen molar-refractivity contribution in [3.63, 3.8) is 0 Å². The van der Waals surface area contributed by atoms with Crippen molar-refractivity contribution >= 4 is 5.91 Å². The summed E-state index contributed by atoms with van der Waals surface area (Å²) in [5, 5.41) is 19.5. The van der Waals surface area contributed by atoms with E-state index in [1.807, 2.05) is 13.8 Å². The van der Waals surface area contributed by atoms with Gasteiger partial charge in [0.15, 0.2) is 0 Å². The maximum atomic E-state index is 11.2. The molecule has 17 heavy (non-hydrogen) atoms. The smallest absolute Gasteiger partial charge is 0.234 e. The maximum Gasteiger partial charge on any atom is 0.234 e. The van der Waals surface area contributed by atoms with Gasteiger partial charge in [-0.2, -0.15) is 0 Å². The van der Waals surface area contributed by atoms with Gasteiger partial charge in [0, 0.05) is 12.7 Å². The van der Waals surface area contributed by atoms with Crippen LogP contribution in [0.15, 0.2) is 6.20 Å². The Morgan fingerprint density at radius 2 is 2.35 bits per heavy atom. The van der Waals surface area contributed by atoms with Crippen LogP contribution in [-0.4, -0.2) is 38.7 Å². The van der Waals surface area contributed by atoms with Crippen LogP contribution in [-0.2, 0) is 17.9 Å². The number of hydrogen-bond acceptors (Lipinski definition) is 5. The van der Waals surface area contributed by atoms with Gasteiger partial charge in [0.25, 0.3) is 0 Å². The highest BCUT2D eigenvalue weighted by Crippen LogP contribution is 2.02. The Kier molecular flexibility index (Phi) is 5.05. The quantitative estimate of drug-likeness (QED) is 0.560. The van der Waals surface area contributed by atoms with Crippen LogP contribution in [0.5, 0.6) is 0 Å². The Morgan fingerprint density at radius 1 is 1.65 bits per heavy atom. The molecule has 0 bridgehead atoms. The molecule has 1 unspecified atom stereocenters. The number of primary amides is 1. The predicted octanol–water partition coefficient (Wildman–Crippen LogP) is -1.13. The number of rotatable bonds is 7. The van der Waals surface area contributed by atoms with Gasteiger partial charge in [0.2, 0.25) is 5.91 Å². The third-order valence-electron chi connectivity index (χ3n) is 2.39. The molecule has 0 saturated carbocycles. The molecule has 1 amide bonds. The number of hydrogen-bond donors (Lipinski definition) is 3. The first kappa shape index (κ1) is 13.6. The molecule has 7 heteroatoms. The van der Waals surface area contributed by atoms with E-state index in [4.69, 9.17) is 10.8 Å².